The number of pyridine rings is 1. The number of ether oxygens (including phenoxy) is 1. The standard InChI is InChI=1S/C20H17F3N4O3/c1-12(19(29)25-17-8-6-14(11-24-17)20(21,22)23)27-18(28)9-7-16(26-27)13-4-3-5-15(10-13)30-2/h3-12H,1-2H3,(H,24,25,29). The Morgan fingerprint density at radius 3 is 2.57 bits per heavy atom. The van der Waals surface area contributed by atoms with E-state index in [1.54, 1.807) is 24.3 Å². The fourth-order valence-corrected chi connectivity index (χ4v) is 2.62. The molecule has 0 aliphatic rings. The van der Waals surface area contributed by atoms with E-state index in [0.29, 0.717) is 23.2 Å². The Hall–Kier alpha value is -3.69. The maximum atomic E-state index is 12.6. The molecule has 3 aromatic rings. The molecule has 1 unspecified atom stereocenters. The van der Waals surface area contributed by atoms with Crippen LogP contribution in [0.5, 0.6) is 5.75 Å². The topological polar surface area (TPSA) is 86.1 Å². The van der Waals surface area contributed by atoms with Gasteiger partial charge in [0.2, 0.25) is 5.91 Å². The molecule has 0 spiro atoms. The maximum Gasteiger partial charge on any atom is 0.417 e. The van der Waals surface area contributed by atoms with E-state index in [2.05, 4.69) is 15.4 Å². The molecule has 1 atom stereocenters. The Bertz CT molecular complexity index is 1110. The molecule has 0 radical (unpaired) electrons. The van der Waals surface area contributed by atoms with Gasteiger partial charge in [-0.05, 0) is 37.3 Å². The van der Waals surface area contributed by atoms with E-state index in [4.69, 9.17) is 4.74 Å². The summed E-state index contributed by atoms with van der Waals surface area (Å²) in [6.07, 6.45) is -3.91. The van der Waals surface area contributed by atoms with Gasteiger partial charge >= 0.3 is 6.18 Å². The number of nitrogens with zero attached hydrogens (tertiary/aromatic N) is 3. The molecule has 0 saturated heterocycles. The third kappa shape index (κ3) is 4.65. The third-order valence-corrected chi connectivity index (χ3v) is 4.28. The minimum atomic E-state index is -4.53. The SMILES string of the molecule is COc1cccc(-c2ccc(=O)n(C(C)C(=O)Nc3ccc(C(F)(F)F)cn3)n2)c1. The summed E-state index contributed by atoms with van der Waals surface area (Å²) in [7, 11) is 1.52. The Kier molecular flexibility index (Phi) is 5.86. The number of hydrogen-bond donors (Lipinski definition) is 1. The molecule has 7 nitrogen and oxygen atoms in total. The van der Waals surface area contributed by atoms with Crippen molar-refractivity contribution in [2.75, 3.05) is 12.4 Å². The first-order valence-corrected chi connectivity index (χ1v) is 8.77. The molecule has 2 heterocycles. The van der Waals surface area contributed by atoms with Gasteiger partial charge in [0.25, 0.3) is 5.56 Å². The zero-order chi connectivity index (χ0) is 21.9. The Labute approximate surface area is 169 Å². The smallest absolute Gasteiger partial charge is 0.417 e. The minimum absolute atomic E-state index is 0.0724. The molecule has 3 rings (SSSR count). The molecular formula is C20H17F3N4O3. The van der Waals surface area contributed by atoms with E-state index >= 15 is 0 Å². The van der Waals surface area contributed by atoms with Gasteiger partial charge in [0.1, 0.15) is 17.6 Å². The first kappa shape index (κ1) is 21.0. The molecule has 1 N–H and O–H groups in total. The highest BCUT2D eigenvalue weighted by atomic mass is 19.4. The number of aromatic nitrogens is 3. The van der Waals surface area contributed by atoms with Crippen LogP contribution in [0.2, 0.25) is 0 Å². The second-order valence-corrected chi connectivity index (χ2v) is 6.33. The summed E-state index contributed by atoms with van der Waals surface area (Å²) < 4.78 is 44.0. The summed E-state index contributed by atoms with van der Waals surface area (Å²) in [4.78, 5) is 28.3. The lowest BCUT2D eigenvalue weighted by atomic mass is 10.1. The van der Waals surface area contributed by atoms with Gasteiger partial charge in [-0.25, -0.2) is 9.67 Å². The number of rotatable bonds is 5. The largest absolute Gasteiger partial charge is 0.497 e. The maximum absolute atomic E-state index is 12.6. The van der Waals surface area contributed by atoms with E-state index in [1.165, 1.54) is 26.2 Å². The third-order valence-electron chi connectivity index (χ3n) is 4.28. The first-order valence-electron chi connectivity index (χ1n) is 8.77. The molecule has 0 aliphatic carbocycles. The number of amides is 1. The fraction of sp³-hybridized carbons (Fsp3) is 0.200. The normalized spacial score (nSPS) is 12.3. The van der Waals surface area contributed by atoms with E-state index < -0.39 is 29.2 Å². The number of hydrogen-bond acceptors (Lipinski definition) is 5. The molecule has 0 bridgehead atoms. The van der Waals surface area contributed by atoms with Gasteiger partial charge in [-0.3, -0.25) is 9.59 Å². The van der Waals surface area contributed by atoms with Crippen molar-refractivity contribution in [3.63, 3.8) is 0 Å². The van der Waals surface area contributed by atoms with Crippen LogP contribution >= 0.6 is 0 Å². The van der Waals surface area contributed by atoms with Crippen LogP contribution in [0.4, 0.5) is 19.0 Å². The van der Waals surface area contributed by atoms with E-state index in [9.17, 15) is 22.8 Å². The number of carbonyl (C=O) groups excluding carboxylic acids is 1. The summed E-state index contributed by atoms with van der Waals surface area (Å²) in [5.74, 6) is -0.122. The van der Waals surface area contributed by atoms with E-state index in [-0.39, 0.29) is 5.82 Å². The lowest BCUT2D eigenvalue weighted by molar-refractivity contribution is -0.137. The molecule has 0 aliphatic heterocycles. The fourth-order valence-electron chi connectivity index (χ4n) is 2.62. The highest BCUT2D eigenvalue weighted by Crippen LogP contribution is 2.29. The van der Waals surface area contributed by atoms with Crippen LogP contribution in [-0.4, -0.2) is 27.8 Å². The summed E-state index contributed by atoms with van der Waals surface area (Å²) in [6.45, 7) is 1.45. The van der Waals surface area contributed by atoms with Crippen molar-refractivity contribution in [1.82, 2.24) is 14.8 Å². The second-order valence-electron chi connectivity index (χ2n) is 6.33. The minimum Gasteiger partial charge on any atom is -0.497 e. The molecule has 2 aromatic heterocycles. The number of nitrogens with one attached hydrogen (secondary N) is 1. The van der Waals surface area contributed by atoms with Crippen molar-refractivity contribution in [1.29, 1.82) is 0 Å². The van der Waals surface area contributed by atoms with E-state index in [0.717, 1.165) is 16.8 Å². The Morgan fingerprint density at radius 1 is 1.17 bits per heavy atom. The Morgan fingerprint density at radius 2 is 1.93 bits per heavy atom. The highest BCUT2D eigenvalue weighted by molar-refractivity contribution is 5.92. The molecule has 1 aromatic carbocycles. The van der Waals surface area contributed by atoms with Crippen LogP contribution in [0.25, 0.3) is 11.3 Å². The molecule has 0 saturated carbocycles. The van der Waals surface area contributed by atoms with Gasteiger partial charge in [-0.15, -0.1) is 0 Å². The summed E-state index contributed by atoms with van der Waals surface area (Å²) >= 11 is 0. The monoisotopic (exact) mass is 418 g/mol. The Balaban J connectivity index is 1.82. The van der Waals surface area contributed by atoms with Crippen LogP contribution in [0.3, 0.4) is 0 Å². The number of anilines is 1. The van der Waals surface area contributed by atoms with Gasteiger partial charge < -0.3 is 10.1 Å². The average Bonchev–Trinajstić information content (AvgIpc) is 2.73. The van der Waals surface area contributed by atoms with Crippen LogP contribution in [0.15, 0.2) is 59.5 Å². The van der Waals surface area contributed by atoms with Crippen LogP contribution in [-0.2, 0) is 11.0 Å². The average molecular weight is 418 g/mol. The van der Waals surface area contributed by atoms with Crippen molar-refractivity contribution in [2.24, 2.45) is 0 Å². The summed E-state index contributed by atoms with van der Waals surface area (Å²) in [6, 6.07) is 10.6. The van der Waals surface area contributed by atoms with E-state index in [1.807, 2.05) is 0 Å². The quantitative estimate of drug-likeness (QED) is 0.685. The zero-order valence-corrected chi connectivity index (χ0v) is 16.0. The number of halogens is 3. The van der Waals surface area contributed by atoms with Crippen LogP contribution in [0.1, 0.15) is 18.5 Å². The molecule has 1 amide bonds. The predicted octanol–water partition coefficient (Wildman–Crippen LogP) is 3.53. The second kappa shape index (κ2) is 8.36. The van der Waals surface area contributed by atoms with Gasteiger partial charge in [0.05, 0.1) is 18.4 Å². The number of benzene rings is 1. The number of methoxy groups -OCH3 is 1. The molecule has 0 fully saturated rings. The molecule has 156 valence electrons. The zero-order valence-electron chi connectivity index (χ0n) is 16.0. The van der Waals surface area contributed by atoms with Crippen molar-refractivity contribution in [3.05, 3.63) is 70.6 Å². The van der Waals surface area contributed by atoms with Crippen LogP contribution < -0.4 is 15.6 Å². The number of alkyl halides is 3. The predicted molar refractivity (Wildman–Crippen MR) is 103 cm³/mol. The highest BCUT2D eigenvalue weighted by Gasteiger charge is 2.30. The summed E-state index contributed by atoms with van der Waals surface area (Å²) in [5.41, 5.74) is -0.317. The first-order chi connectivity index (χ1) is 14.2. The van der Waals surface area contributed by atoms with Crippen molar-refractivity contribution in [2.45, 2.75) is 19.1 Å². The van der Waals surface area contributed by atoms with Crippen molar-refractivity contribution in [3.8, 4) is 17.0 Å². The van der Waals surface area contributed by atoms with Crippen molar-refractivity contribution < 1.29 is 22.7 Å². The van der Waals surface area contributed by atoms with Gasteiger partial charge in [-0.2, -0.15) is 18.3 Å². The van der Waals surface area contributed by atoms with Crippen LogP contribution in [0, 0.1) is 0 Å². The molecular weight excluding hydrogens is 401 g/mol. The molecule has 10 heteroatoms. The van der Waals surface area contributed by atoms with Gasteiger partial charge in [-0.1, -0.05) is 12.1 Å². The lowest BCUT2D eigenvalue weighted by Crippen LogP contribution is -2.33. The van der Waals surface area contributed by atoms with Crippen molar-refractivity contribution >= 4 is 11.7 Å². The lowest BCUT2D eigenvalue weighted by Gasteiger charge is -2.15. The van der Waals surface area contributed by atoms with Gasteiger partial charge in [0.15, 0.2) is 0 Å². The van der Waals surface area contributed by atoms with Gasteiger partial charge in [0, 0.05) is 17.8 Å². The number of carbonyl (C=O) groups is 1. The molecule has 30 heavy (non-hydrogen) atoms. The summed E-state index contributed by atoms with van der Waals surface area (Å²) in [5, 5.41) is 6.63.